The quantitative estimate of drug-likeness (QED) is 0.309. The van der Waals surface area contributed by atoms with E-state index in [-0.39, 0.29) is 11.7 Å². The molecule has 0 aliphatic heterocycles. The molecule has 0 atom stereocenters. The first kappa shape index (κ1) is 20.7. The van der Waals surface area contributed by atoms with Crippen LogP contribution in [0.25, 0.3) is 16.6 Å². The molecule has 0 saturated carbocycles. The van der Waals surface area contributed by atoms with Crippen LogP contribution in [-0.4, -0.2) is 51.6 Å². The number of nitrogens with zero attached hydrogens (tertiary/aromatic N) is 4. The lowest BCUT2D eigenvalue weighted by atomic mass is 10.2. The molecule has 0 bridgehead atoms. The highest BCUT2D eigenvalue weighted by molar-refractivity contribution is 7.99. The topological polar surface area (TPSA) is 94.0 Å². The number of methoxy groups -OCH3 is 1. The summed E-state index contributed by atoms with van der Waals surface area (Å²) in [7, 11) is 1.63. The van der Waals surface area contributed by atoms with Crippen LogP contribution in [0, 0.1) is 0 Å². The number of hydrogen-bond donors (Lipinski definition) is 2. The maximum absolute atomic E-state index is 12.2. The van der Waals surface area contributed by atoms with Crippen LogP contribution in [0.5, 0.6) is 5.75 Å². The molecule has 0 aliphatic rings. The minimum atomic E-state index is -0.0671. The van der Waals surface area contributed by atoms with Gasteiger partial charge in [-0.15, -0.1) is 10.2 Å². The summed E-state index contributed by atoms with van der Waals surface area (Å²) in [4.78, 5) is 16.8. The first-order valence-corrected chi connectivity index (χ1v) is 10.7. The number of aromatic nitrogens is 4. The summed E-state index contributed by atoms with van der Waals surface area (Å²) in [5.74, 6) is 1.75. The van der Waals surface area contributed by atoms with Crippen molar-refractivity contribution in [2.45, 2.75) is 5.16 Å². The molecule has 9 heteroatoms. The van der Waals surface area contributed by atoms with Crippen molar-refractivity contribution in [1.29, 1.82) is 0 Å². The van der Waals surface area contributed by atoms with Gasteiger partial charge in [0.2, 0.25) is 5.91 Å². The molecule has 0 saturated heterocycles. The van der Waals surface area contributed by atoms with Gasteiger partial charge in [0.05, 0.1) is 18.4 Å². The van der Waals surface area contributed by atoms with E-state index in [1.54, 1.807) is 13.4 Å². The number of thioether (sulfide) groups is 1. The fourth-order valence-corrected chi connectivity index (χ4v) is 3.74. The molecule has 0 fully saturated rings. The zero-order valence-electron chi connectivity index (χ0n) is 17.0. The van der Waals surface area contributed by atoms with Gasteiger partial charge in [-0.2, -0.15) is 0 Å². The molecular weight excluding hydrogens is 412 g/mol. The first-order valence-electron chi connectivity index (χ1n) is 9.76. The smallest absolute Gasteiger partial charge is 0.230 e. The van der Waals surface area contributed by atoms with Gasteiger partial charge in [0.15, 0.2) is 5.16 Å². The Kier molecular flexibility index (Phi) is 6.63. The number of fused-ring (bicyclic) bond motifs is 1. The lowest BCUT2D eigenvalue weighted by Crippen LogP contribution is -2.30. The highest BCUT2D eigenvalue weighted by Gasteiger charge is 2.10. The molecule has 158 valence electrons. The predicted molar refractivity (Wildman–Crippen MR) is 122 cm³/mol. The molecule has 1 amide bonds. The largest absolute Gasteiger partial charge is 0.497 e. The number of benzene rings is 2. The number of anilines is 1. The van der Waals surface area contributed by atoms with Crippen LogP contribution in [0.1, 0.15) is 0 Å². The van der Waals surface area contributed by atoms with Crippen LogP contribution in [0.3, 0.4) is 0 Å². The van der Waals surface area contributed by atoms with Gasteiger partial charge in [0, 0.05) is 24.2 Å². The van der Waals surface area contributed by atoms with Crippen LogP contribution in [0.2, 0.25) is 0 Å². The van der Waals surface area contributed by atoms with Crippen molar-refractivity contribution in [2.75, 3.05) is 31.3 Å². The van der Waals surface area contributed by atoms with Gasteiger partial charge >= 0.3 is 0 Å². The third-order valence-corrected chi connectivity index (χ3v) is 5.49. The molecular formula is C22H22N6O2S. The summed E-state index contributed by atoms with van der Waals surface area (Å²) in [5, 5.41) is 16.0. The van der Waals surface area contributed by atoms with Gasteiger partial charge in [-0.05, 0) is 42.5 Å². The number of nitrogens with one attached hydrogen (secondary N) is 2. The monoisotopic (exact) mass is 434 g/mol. The molecule has 2 aromatic carbocycles. The van der Waals surface area contributed by atoms with Crippen molar-refractivity contribution in [3.05, 3.63) is 67.0 Å². The third kappa shape index (κ3) is 5.32. The Morgan fingerprint density at radius 1 is 1.06 bits per heavy atom. The summed E-state index contributed by atoms with van der Waals surface area (Å²) < 4.78 is 7.02. The molecule has 2 aromatic heterocycles. The highest BCUT2D eigenvalue weighted by atomic mass is 32.2. The average Bonchev–Trinajstić information content (AvgIpc) is 3.29. The van der Waals surface area contributed by atoms with E-state index in [4.69, 9.17) is 4.74 Å². The van der Waals surface area contributed by atoms with Crippen LogP contribution >= 0.6 is 11.8 Å². The first-order chi connectivity index (χ1) is 15.2. The van der Waals surface area contributed by atoms with E-state index in [2.05, 4.69) is 25.8 Å². The molecule has 0 spiro atoms. The maximum Gasteiger partial charge on any atom is 0.230 e. The molecule has 4 aromatic rings. The van der Waals surface area contributed by atoms with Gasteiger partial charge in [-0.25, -0.2) is 4.98 Å². The number of pyridine rings is 1. The van der Waals surface area contributed by atoms with Gasteiger partial charge in [-0.3, -0.25) is 9.36 Å². The van der Waals surface area contributed by atoms with E-state index in [0.717, 1.165) is 28.2 Å². The molecule has 2 heterocycles. The van der Waals surface area contributed by atoms with E-state index >= 15 is 0 Å². The van der Waals surface area contributed by atoms with Gasteiger partial charge in [0.25, 0.3) is 0 Å². The number of carbonyl (C=O) groups excluding carboxylic acids is 1. The van der Waals surface area contributed by atoms with Crippen LogP contribution in [-0.2, 0) is 4.79 Å². The van der Waals surface area contributed by atoms with E-state index in [1.165, 1.54) is 11.8 Å². The molecule has 4 rings (SSSR count). The number of rotatable bonds is 9. The third-order valence-electron chi connectivity index (χ3n) is 4.55. The number of ether oxygens (including phenoxy) is 1. The Morgan fingerprint density at radius 2 is 1.90 bits per heavy atom. The molecule has 31 heavy (non-hydrogen) atoms. The summed E-state index contributed by atoms with van der Waals surface area (Å²) in [6.07, 6.45) is 1.63. The number of para-hydroxylation sites is 1. The molecule has 8 nitrogen and oxygen atoms in total. The second-order valence-electron chi connectivity index (χ2n) is 6.64. The van der Waals surface area contributed by atoms with E-state index in [9.17, 15) is 4.79 Å². The SMILES string of the molecule is COc1ccc(-n2cnnc2SCC(=O)NCCNc2ccc3ccccc3n2)cc1. The normalized spacial score (nSPS) is 10.7. The van der Waals surface area contributed by atoms with Crippen LogP contribution in [0.4, 0.5) is 5.82 Å². The van der Waals surface area contributed by atoms with Crippen LogP contribution in [0.15, 0.2) is 72.1 Å². The van der Waals surface area contributed by atoms with Crippen molar-refractivity contribution in [2.24, 2.45) is 0 Å². The Hall–Kier alpha value is -3.59. The lowest BCUT2D eigenvalue weighted by Gasteiger charge is -2.09. The molecule has 0 unspecified atom stereocenters. The second kappa shape index (κ2) is 9.94. The summed E-state index contributed by atoms with van der Waals surface area (Å²) in [5.41, 5.74) is 1.84. The Balaban J connectivity index is 1.23. The summed E-state index contributed by atoms with van der Waals surface area (Å²) in [6.45, 7) is 1.09. The van der Waals surface area contributed by atoms with E-state index in [1.807, 2.05) is 65.2 Å². The average molecular weight is 435 g/mol. The van der Waals surface area contributed by atoms with E-state index < -0.39 is 0 Å². The molecule has 2 N–H and O–H groups in total. The second-order valence-corrected chi connectivity index (χ2v) is 7.58. The standard InChI is InChI=1S/C22H22N6O2S/c1-30-18-9-7-17(8-10-18)28-15-25-27-22(28)31-14-21(29)24-13-12-23-20-11-6-16-4-2-3-5-19(16)26-20/h2-11,15H,12-14H2,1H3,(H,23,26)(H,24,29). The number of amides is 1. The zero-order valence-corrected chi connectivity index (χ0v) is 17.8. The highest BCUT2D eigenvalue weighted by Crippen LogP contribution is 2.21. The van der Waals surface area contributed by atoms with Crippen molar-refractivity contribution in [1.82, 2.24) is 25.1 Å². The fourth-order valence-electron chi connectivity index (χ4n) is 2.98. The zero-order chi connectivity index (χ0) is 21.5. The minimum absolute atomic E-state index is 0.0671. The minimum Gasteiger partial charge on any atom is -0.497 e. The number of carbonyl (C=O) groups is 1. The van der Waals surface area contributed by atoms with Crippen LogP contribution < -0.4 is 15.4 Å². The maximum atomic E-state index is 12.2. The predicted octanol–water partition coefficient (Wildman–Crippen LogP) is 3.14. The fraction of sp³-hybridized carbons (Fsp3) is 0.182. The Morgan fingerprint density at radius 3 is 2.74 bits per heavy atom. The summed E-state index contributed by atoms with van der Waals surface area (Å²) >= 11 is 1.34. The Labute approximate surface area is 184 Å². The molecule has 0 aliphatic carbocycles. The van der Waals surface area contributed by atoms with Gasteiger partial charge in [0.1, 0.15) is 17.9 Å². The van der Waals surface area contributed by atoms with Gasteiger partial charge in [-0.1, -0.05) is 30.0 Å². The van der Waals surface area contributed by atoms with Gasteiger partial charge < -0.3 is 15.4 Å². The lowest BCUT2D eigenvalue weighted by molar-refractivity contribution is -0.118. The van der Waals surface area contributed by atoms with E-state index in [0.29, 0.717) is 18.2 Å². The van der Waals surface area contributed by atoms with Crippen molar-refractivity contribution in [3.8, 4) is 11.4 Å². The van der Waals surface area contributed by atoms with Crippen molar-refractivity contribution >= 4 is 34.4 Å². The van der Waals surface area contributed by atoms with Crippen molar-refractivity contribution in [3.63, 3.8) is 0 Å². The Bertz CT molecular complexity index is 1160. The number of hydrogen-bond acceptors (Lipinski definition) is 7. The molecule has 0 radical (unpaired) electrons. The summed E-state index contributed by atoms with van der Waals surface area (Å²) in [6, 6.07) is 19.5. The van der Waals surface area contributed by atoms with Crippen molar-refractivity contribution < 1.29 is 9.53 Å².